The first-order valence-corrected chi connectivity index (χ1v) is 6.63. The fraction of sp³-hybridized carbons (Fsp3) is 0.846. The third-order valence-corrected chi connectivity index (χ3v) is 4.83. The highest BCUT2D eigenvalue weighted by Gasteiger charge is 2.53. The van der Waals surface area contributed by atoms with Crippen LogP contribution >= 0.6 is 0 Å². The Kier molecular flexibility index (Phi) is 2.33. The molecule has 3 aliphatic rings. The topological polar surface area (TPSA) is 30.5 Å². The molecule has 94 valence electrons. The Labute approximate surface area is 104 Å². The van der Waals surface area contributed by atoms with Crippen molar-refractivity contribution in [3.63, 3.8) is 0 Å². The summed E-state index contributed by atoms with van der Waals surface area (Å²) in [6.45, 7) is 9.33. The van der Waals surface area contributed by atoms with Crippen molar-refractivity contribution in [2.75, 3.05) is 6.54 Å². The molecule has 1 aliphatic carbocycles. The number of hydrogen-bond donors (Lipinski definition) is 1. The van der Waals surface area contributed by atoms with Crippen molar-refractivity contribution in [1.82, 2.24) is 5.32 Å². The van der Waals surface area contributed by atoms with Gasteiger partial charge in [-0.05, 0) is 52.4 Å². The quantitative estimate of drug-likeness (QED) is 0.706. The largest absolute Gasteiger partial charge is 0.491 e. The van der Waals surface area contributed by atoms with E-state index in [0.29, 0.717) is 5.54 Å². The van der Waals surface area contributed by atoms with Crippen molar-refractivity contribution >= 4 is 7.12 Å². The molecule has 0 unspecified atom stereocenters. The molecule has 3 nitrogen and oxygen atoms in total. The number of nitrogens with one attached hydrogen (secondary N) is 1. The summed E-state index contributed by atoms with van der Waals surface area (Å²) < 4.78 is 12.1. The van der Waals surface area contributed by atoms with Crippen molar-refractivity contribution in [3.8, 4) is 0 Å². The summed E-state index contributed by atoms with van der Waals surface area (Å²) in [5, 5.41) is 3.62. The molecule has 1 saturated carbocycles. The number of hydrogen-bond acceptors (Lipinski definition) is 3. The van der Waals surface area contributed by atoms with Crippen molar-refractivity contribution in [2.45, 2.75) is 63.7 Å². The fourth-order valence-electron chi connectivity index (χ4n) is 2.47. The van der Waals surface area contributed by atoms with Crippen LogP contribution in [0.4, 0.5) is 0 Å². The van der Waals surface area contributed by atoms with Gasteiger partial charge in [0.2, 0.25) is 0 Å². The first-order valence-electron chi connectivity index (χ1n) is 6.63. The average molecular weight is 235 g/mol. The Balaban J connectivity index is 1.73. The maximum atomic E-state index is 6.06. The maximum Gasteiger partial charge on any atom is 0.491 e. The fourth-order valence-corrected chi connectivity index (χ4v) is 2.47. The van der Waals surface area contributed by atoms with Crippen molar-refractivity contribution in [2.24, 2.45) is 0 Å². The Bertz CT molecular complexity index is 356. The van der Waals surface area contributed by atoms with E-state index in [9.17, 15) is 0 Å². The molecule has 1 spiro atoms. The molecule has 0 aromatic heterocycles. The highest BCUT2D eigenvalue weighted by atomic mass is 16.7. The summed E-state index contributed by atoms with van der Waals surface area (Å²) in [6.07, 6.45) is 6.10. The first-order chi connectivity index (χ1) is 7.84. The van der Waals surface area contributed by atoms with Crippen LogP contribution in [0.5, 0.6) is 0 Å². The Morgan fingerprint density at radius 1 is 1.12 bits per heavy atom. The van der Waals surface area contributed by atoms with Gasteiger partial charge in [0.1, 0.15) is 0 Å². The molecule has 17 heavy (non-hydrogen) atoms. The van der Waals surface area contributed by atoms with E-state index in [-0.39, 0.29) is 18.3 Å². The molecule has 4 heteroatoms. The van der Waals surface area contributed by atoms with Gasteiger partial charge in [-0.15, -0.1) is 0 Å². The maximum absolute atomic E-state index is 6.06. The van der Waals surface area contributed by atoms with Crippen LogP contribution in [0, 0.1) is 0 Å². The average Bonchev–Trinajstić information content (AvgIpc) is 2.92. The standard InChI is InChI=1S/C13H22BNO2/c1-11(2)12(3,4)17-14(16-11)10-5-6-13(7-8-13)15-9-10/h5,15H,6-9H2,1-4H3. The van der Waals surface area contributed by atoms with E-state index in [1.807, 2.05) is 0 Å². The molecular weight excluding hydrogens is 213 g/mol. The summed E-state index contributed by atoms with van der Waals surface area (Å²) in [5.74, 6) is 0. The van der Waals surface area contributed by atoms with Gasteiger partial charge >= 0.3 is 7.12 Å². The van der Waals surface area contributed by atoms with Crippen LogP contribution in [0.15, 0.2) is 11.5 Å². The van der Waals surface area contributed by atoms with E-state index in [2.05, 4.69) is 39.1 Å². The smallest absolute Gasteiger partial charge is 0.400 e. The van der Waals surface area contributed by atoms with Gasteiger partial charge < -0.3 is 14.6 Å². The molecule has 0 bridgehead atoms. The minimum absolute atomic E-state index is 0.163. The minimum Gasteiger partial charge on any atom is -0.400 e. The second-order valence-corrected chi connectivity index (χ2v) is 6.71. The Morgan fingerprint density at radius 3 is 2.12 bits per heavy atom. The second-order valence-electron chi connectivity index (χ2n) is 6.71. The van der Waals surface area contributed by atoms with Crippen LogP contribution in [0.3, 0.4) is 0 Å². The van der Waals surface area contributed by atoms with Crippen molar-refractivity contribution < 1.29 is 9.31 Å². The van der Waals surface area contributed by atoms with E-state index in [4.69, 9.17) is 9.31 Å². The summed E-state index contributed by atoms with van der Waals surface area (Å²) in [4.78, 5) is 0. The monoisotopic (exact) mass is 235 g/mol. The minimum atomic E-state index is -0.229. The van der Waals surface area contributed by atoms with E-state index in [1.54, 1.807) is 0 Å². The van der Waals surface area contributed by atoms with Crippen molar-refractivity contribution in [1.29, 1.82) is 0 Å². The lowest BCUT2D eigenvalue weighted by molar-refractivity contribution is 0.00578. The van der Waals surface area contributed by atoms with Gasteiger partial charge in [0.05, 0.1) is 11.2 Å². The summed E-state index contributed by atoms with van der Waals surface area (Å²) in [5.41, 5.74) is 1.24. The lowest BCUT2D eigenvalue weighted by atomic mass is 9.75. The molecular formula is C13H22BNO2. The molecule has 0 aromatic rings. The lowest BCUT2D eigenvalue weighted by Crippen LogP contribution is -2.41. The van der Waals surface area contributed by atoms with E-state index in [1.165, 1.54) is 18.3 Å². The van der Waals surface area contributed by atoms with Gasteiger partial charge in [0.15, 0.2) is 0 Å². The van der Waals surface area contributed by atoms with Crippen LogP contribution in [-0.2, 0) is 9.31 Å². The van der Waals surface area contributed by atoms with E-state index >= 15 is 0 Å². The van der Waals surface area contributed by atoms with Gasteiger partial charge in [0.25, 0.3) is 0 Å². The molecule has 2 fully saturated rings. The van der Waals surface area contributed by atoms with E-state index < -0.39 is 0 Å². The van der Waals surface area contributed by atoms with Crippen LogP contribution in [0.1, 0.15) is 47.0 Å². The molecule has 0 atom stereocenters. The zero-order valence-corrected chi connectivity index (χ0v) is 11.3. The van der Waals surface area contributed by atoms with E-state index in [0.717, 1.165) is 13.0 Å². The highest BCUT2D eigenvalue weighted by Crippen LogP contribution is 2.43. The third kappa shape index (κ3) is 1.87. The lowest BCUT2D eigenvalue weighted by Gasteiger charge is -2.32. The van der Waals surface area contributed by atoms with Gasteiger partial charge in [-0.2, -0.15) is 0 Å². The summed E-state index contributed by atoms with van der Waals surface area (Å²) >= 11 is 0. The van der Waals surface area contributed by atoms with Gasteiger partial charge in [0, 0.05) is 12.1 Å². The van der Waals surface area contributed by atoms with Crippen LogP contribution in [-0.4, -0.2) is 30.4 Å². The zero-order chi connectivity index (χ0) is 12.3. The van der Waals surface area contributed by atoms with Crippen LogP contribution in [0.25, 0.3) is 0 Å². The molecule has 0 amide bonds. The molecule has 3 rings (SSSR count). The van der Waals surface area contributed by atoms with Gasteiger partial charge in [-0.1, -0.05) is 6.08 Å². The molecule has 2 aliphatic heterocycles. The first kappa shape index (κ1) is 11.8. The Morgan fingerprint density at radius 2 is 1.71 bits per heavy atom. The normalized spacial score (nSPS) is 32.7. The summed E-state index contributed by atoms with van der Waals surface area (Å²) in [6, 6.07) is 0. The third-order valence-electron chi connectivity index (χ3n) is 4.83. The van der Waals surface area contributed by atoms with Crippen LogP contribution < -0.4 is 5.32 Å². The Hall–Kier alpha value is -0.315. The van der Waals surface area contributed by atoms with Crippen LogP contribution in [0.2, 0.25) is 0 Å². The molecule has 2 heterocycles. The summed E-state index contributed by atoms with van der Waals surface area (Å²) in [7, 11) is -0.163. The molecule has 1 saturated heterocycles. The SMILES string of the molecule is CC1(C)OB(C2=CCC3(CC3)NC2)OC1(C)C. The zero-order valence-electron chi connectivity index (χ0n) is 11.3. The van der Waals surface area contributed by atoms with Gasteiger partial charge in [-0.3, -0.25) is 0 Å². The molecule has 0 aromatic carbocycles. The van der Waals surface area contributed by atoms with Gasteiger partial charge in [-0.25, -0.2) is 0 Å². The predicted octanol–water partition coefficient (Wildman–Crippen LogP) is 2.07. The second kappa shape index (κ2) is 3.37. The molecule has 1 N–H and O–H groups in total. The highest BCUT2D eigenvalue weighted by molar-refractivity contribution is 6.54. The predicted molar refractivity (Wildman–Crippen MR) is 68.7 cm³/mol. The molecule has 0 radical (unpaired) electrons. The number of rotatable bonds is 1. The van der Waals surface area contributed by atoms with Crippen molar-refractivity contribution in [3.05, 3.63) is 11.5 Å².